The monoisotopic (exact) mass is 781 g/mol. The van der Waals surface area contributed by atoms with Gasteiger partial charge in [0.2, 0.25) is 13.1 Å². The van der Waals surface area contributed by atoms with E-state index in [9.17, 15) is 43.4 Å². The Hall–Kier alpha value is -3.95. The van der Waals surface area contributed by atoms with Crippen molar-refractivity contribution >= 4 is 38.9 Å². The van der Waals surface area contributed by atoms with Gasteiger partial charge in [0, 0.05) is 17.6 Å². The van der Waals surface area contributed by atoms with Crippen LogP contribution >= 0.6 is 15.6 Å². The molecule has 0 saturated carbocycles. The number of carbonyl (C=O) groups excluding carboxylic acids is 2. The fraction of sp³-hybridized carbons (Fsp3) is 0.536. The molecule has 7 atom stereocenters. The van der Waals surface area contributed by atoms with Crippen LogP contribution in [0, 0.1) is 0 Å². The molecule has 22 nitrogen and oxygen atoms in total. The number of nitrogens with zero attached hydrogens (tertiary/aromatic N) is 3. The summed E-state index contributed by atoms with van der Waals surface area (Å²) >= 11 is 0. The van der Waals surface area contributed by atoms with Crippen LogP contribution in [0.25, 0.3) is 11.0 Å². The van der Waals surface area contributed by atoms with Crippen molar-refractivity contribution in [3.05, 3.63) is 63.1 Å². The number of phosphoric acid groups is 2. The fourth-order valence-electron chi connectivity index (χ4n) is 4.48. The number of benzene rings is 1. The number of carbonyl (C=O) groups is 2. The van der Waals surface area contributed by atoms with Crippen LogP contribution in [-0.2, 0) is 57.2 Å². The van der Waals surface area contributed by atoms with Gasteiger partial charge in [-0.05, 0) is 46.8 Å². The van der Waals surface area contributed by atoms with Crippen LogP contribution in [0.2, 0.25) is 0 Å². The summed E-state index contributed by atoms with van der Waals surface area (Å²) in [7, 11) is -10.9. The fourth-order valence-corrected chi connectivity index (χ4v) is 7.01. The van der Waals surface area contributed by atoms with Gasteiger partial charge in [0.1, 0.15) is 24.0 Å². The maximum absolute atomic E-state index is 13.4. The molecule has 0 bridgehead atoms. The highest BCUT2D eigenvalue weighted by molar-refractivity contribution is 7.61. The van der Waals surface area contributed by atoms with Gasteiger partial charge in [0.25, 0.3) is 5.56 Å². The second-order valence-corrected chi connectivity index (χ2v) is 14.6. The van der Waals surface area contributed by atoms with E-state index in [4.69, 9.17) is 37.0 Å². The minimum Gasteiger partial charge on any atom is -0.432 e. The third-order valence-electron chi connectivity index (χ3n) is 6.66. The maximum Gasteiger partial charge on any atom is 0.510 e. The van der Waals surface area contributed by atoms with Gasteiger partial charge in [-0.2, -0.15) is 4.31 Å². The number of hydrogen-bond donors (Lipinski definition) is 3. The third kappa shape index (κ3) is 10.8. The van der Waals surface area contributed by atoms with Crippen LogP contribution in [0.5, 0.6) is 0 Å². The smallest absolute Gasteiger partial charge is 0.432 e. The van der Waals surface area contributed by atoms with Gasteiger partial charge < -0.3 is 43.3 Å². The minimum absolute atomic E-state index is 0.259. The van der Waals surface area contributed by atoms with Crippen molar-refractivity contribution in [2.45, 2.75) is 84.2 Å². The molecule has 288 valence electrons. The highest BCUT2D eigenvalue weighted by atomic mass is 31.3. The van der Waals surface area contributed by atoms with Gasteiger partial charge in [-0.15, -0.1) is 0 Å². The Morgan fingerprint density at radius 3 is 2.31 bits per heavy atom. The number of aromatic nitrogens is 3. The van der Waals surface area contributed by atoms with Gasteiger partial charge in [-0.3, -0.25) is 18.5 Å². The van der Waals surface area contributed by atoms with Gasteiger partial charge in [0.05, 0.1) is 25.4 Å². The minimum atomic E-state index is -5.54. The number of aliphatic hydroxyl groups excluding tert-OH is 2. The highest BCUT2D eigenvalue weighted by Gasteiger charge is 2.47. The van der Waals surface area contributed by atoms with E-state index in [1.165, 1.54) is 27.7 Å². The van der Waals surface area contributed by atoms with E-state index in [0.29, 0.717) is 11.0 Å². The third-order valence-corrected chi connectivity index (χ3v) is 9.74. The number of para-hydroxylation sites is 1. The molecule has 1 saturated heterocycles. The van der Waals surface area contributed by atoms with Crippen molar-refractivity contribution in [2.75, 3.05) is 13.4 Å². The first kappa shape index (κ1) is 40.8. The summed E-state index contributed by atoms with van der Waals surface area (Å²) < 4.78 is 76.6. The van der Waals surface area contributed by atoms with Crippen molar-refractivity contribution in [1.29, 1.82) is 0 Å². The van der Waals surface area contributed by atoms with E-state index < -0.39 is 95.6 Å². The van der Waals surface area contributed by atoms with Crippen molar-refractivity contribution < 1.29 is 79.9 Å². The molecule has 2 aromatic heterocycles. The molecule has 0 aliphatic carbocycles. The number of fused-ring (bicyclic) bond motifs is 1. The van der Waals surface area contributed by atoms with Crippen molar-refractivity contribution in [3.8, 4) is 0 Å². The lowest BCUT2D eigenvalue weighted by Gasteiger charge is -2.23. The molecule has 0 radical (unpaired) electrons. The van der Waals surface area contributed by atoms with Crippen molar-refractivity contribution in [3.63, 3.8) is 0 Å². The molecule has 3 heterocycles. The molecular formula is C28H37N3O19P2. The lowest BCUT2D eigenvalue weighted by Crippen LogP contribution is -2.43. The summed E-state index contributed by atoms with van der Waals surface area (Å²) in [4.78, 5) is 60.0. The zero-order valence-corrected chi connectivity index (χ0v) is 30.0. The first-order chi connectivity index (χ1) is 24.4. The van der Waals surface area contributed by atoms with Crippen molar-refractivity contribution in [2.24, 2.45) is 0 Å². The molecule has 4 rings (SSSR count). The second kappa shape index (κ2) is 17.3. The van der Waals surface area contributed by atoms with E-state index in [1.807, 2.05) is 0 Å². The predicted molar refractivity (Wildman–Crippen MR) is 170 cm³/mol. The first-order valence-electron chi connectivity index (χ1n) is 15.4. The SMILES string of the molecule is CC(C)OC(=O)OCOP(=O)(OC(C)OC(=O)OC(C)C)OP(=O)(O)OC[C@H]1O[C@@H](n2ccc(=O)n(Cc3noc4ccccc34)c2=O)C(O)C1O. The zero-order valence-electron chi connectivity index (χ0n) is 28.2. The Bertz CT molecular complexity index is 1930. The normalized spacial score (nSPS) is 21.8. The molecular weight excluding hydrogens is 744 g/mol. The molecule has 1 aliphatic heterocycles. The summed E-state index contributed by atoms with van der Waals surface area (Å²) in [5.41, 5.74) is -1.03. The van der Waals surface area contributed by atoms with E-state index in [-0.39, 0.29) is 12.2 Å². The van der Waals surface area contributed by atoms with E-state index in [0.717, 1.165) is 28.3 Å². The average Bonchev–Trinajstić information content (AvgIpc) is 3.56. The number of hydrogen-bond acceptors (Lipinski definition) is 19. The average molecular weight is 782 g/mol. The zero-order chi connectivity index (χ0) is 38.4. The highest BCUT2D eigenvalue weighted by Crippen LogP contribution is 2.64. The molecule has 1 aromatic carbocycles. The Morgan fingerprint density at radius 2 is 1.62 bits per heavy atom. The lowest BCUT2D eigenvalue weighted by molar-refractivity contribution is -0.0821. The van der Waals surface area contributed by atoms with Crippen molar-refractivity contribution in [1.82, 2.24) is 14.3 Å². The lowest BCUT2D eigenvalue weighted by atomic mass is 10.1. The van der Waals surface area contributed by atoms with Gasteiger partial charge in [-0.1, -0.05) is 17.3 Å². The molecule has 52 heavy (non-hydrogen) atoms. The van der Waals surface area contributed by atoms with Crippen LogP contribution in [0.4, 0.5) is 9.59 Å². The quantitative estimate of drug-likeness (QED) is 0.107. The molecule has 3 N–H and O–H groups in total. The van der Waals surface area contributed by atoms with Crippen LogP contribution in [0.1, 0.15) is 46.5 Å². The van der Waals surface area contributed by atoms with E-state index in [2.05, 4.69) is 14.2 Å². The molecule has 1 aliphatic rings. The van der Waals surface area contributed by atoms with Gasteiger partial charge >= 0.3 is 33.6 Å². The summed E-state index contributed by atoms with van der Waals surface area (Å²) in [6.07, 6.45) is -11.6. The Labute approximate surface area is 293 Å². The first-order valence-corrected chi connectivity index (χ1v) is 18.3. The molecule has 0 amide bonds. The van der Waals surface area contributed by atoms with Crippen LogP contribution in [0.3, 0.4) is 0 Å². The summed E-state index contributed by atoms with van der Waals surface area (Å²) in [5, 5.41) is 25.9. The summed E-state index contributed by atoms with van der Waals surface area (Å²) in [5.74, 6) is 0. The Kier molecular flexibility index (Phi) is 13.5. The van der Waals surface area contributed by atoms with Gasteiger partial charge in [-0.25, -0.2) is 32.6 Å². The Morgan fingerprint density at radius 1 is 0.942 bits per heavy atom. The number of ether oxygens (including phenoxy) is 5. The number of rotatable bonds is 16. The summed E-state index contributed by atoms with van der Waals surface area (Å²) in [6.45, 7) is 4.44. The molecule has 0 spiro atoms. The topological polar surface area (TPSA) is 282 Å². The number of phosphoric ester groups is 2. The van der Waals surface area contributed by atoms with E-state index in [1.54, 1.807) is 24.3 Å². The Balaban J connectivity index is 1.45. The van der Waals surface area contributed by atoms with E-state index >= 15 is 0 Å². The maximum atomic E-state index is 13.4. The predicted octanol–water partition coefficient (Wildman–Crippen LogP) is 2.52. The second-order valence-electron chi connectivity index (χ2n) is 11.4. The van der Waals surface area contributed by atoms with Gasteiger partial charge in [0.15, 0.2) is 11.8 Å². The molecule has 3 aromatic rings. The molecule has 5 unspecified atom stereocenters. The van der Waals surface area contributed by atoms with Crippen LogP contribution in [0.15, 0.2) is 50.6 Å². The van der Waals surface area contributed by atoms with Crippen LogP contribution in [-0.4, -0.2) is 91.9 Å². The standard InChI is InChI=1S/C28H37N3O19P2/c1-15(2)44-27(36)41-14-43-52(40,49-17(5)46-28(37)45-16(3)4)50-51(38,39)42-13-21-23(33)24(34)25(47-21)30-11-10-22(32)31(26(30)35)12-19-18-8-6-7-9-20(18)48-29-19/h6-11,15-17,21,23-25,33-34H,12-14H2,1-5H3,(H,38,39)/t17?,21-,23?,24?,25-,52?/m1/s1. The number of aliphatic hydroxyl groups is 2. The summed E-state index contributed by atoms with van der Waals surface area (Å²) in [6, 6.07) is 7.73. The largest absolute Gasteiger partial charge is 0.510 e. The molecule has 24 heteroatoms. The molecule has 1 fully saturated rings. The van der Waals surface area contributed by atoms with Crippen LogP contribution < -0.4 is 11.2 Å².